The van der Waals surface area contributed by atoms with Gasteiger partial charge in [0.15, 0.2) is 0 Å². The van der Waals surface area contributed by atoms with Gasteiger partial charge in [-0.1, -0.05) is 6.07 Å². The average molecular weight is 396 g/mol. The summed E-state index contributed by atoms with van der Waals surface area (Å²) in [6.45, 7) is 6.63. The van der Waals surface area contributed by atoms with E-state index in [2.05, 4.69) is 23.7 Å². The highest BCUT2D eigenvalue weighted by atomic mass is 19.1. The number of fused-ring (bicyclic) bond motifs is 4. The van der Waals surface area contributed by atoms with Crippen molar-refractivity contribution < 1.29 is 13.9 Å². The van der Waals surface area contributed by atoms with E-state index in [4.69, 9.17) is 20.2 Å². The number of hydrogen-bond acceptors (Lipinski definition) is 6. The fourth-order valence-corrected chi connectivity index (χ4v) is 4.90. The molecule has 0 radical (unpaired) electrons. The SMILES string of the molecule is CC(C)N1CC[C@@H]2Oc3ccc(-c4cccnc4F)cc3[C@@]3(COC(N)=N3)[C@H]2C1. The van der Waals surface area contributed by atoms with E-state index in [9.17, 15) is 4.39 Å². The highest BCUT2D eigenvalue weighted by molar-refractivity contribution is 5.75. The maximum atomic E-state index is 14.3. The summed E-state index contributed by atoms with van der Waals surface area (Å²) < 4.78 is 26.4. The lowest BCUT2D eigenvalue weighted by molar-refractivity contribution is -0.0313. The van der Waals surface area contributed by atoms with Gasteiger partial charge in [-0.15, -0.1) is 0 Å². The average Bonchev–Trinajstić information content (AvgIpc) is 3.10. The molecule has 2 aromatic rings. The van der Waals surface area contributed by atoms with Crippen molar-refractivity contribution in [3.05, 3.63) is 48.0 Å². The van der Waals surface area contributed by atoms with Crippen LogP contribution >= 0.6 is 0 Å². The van der Waals surface area contributed by atoms with Crippen molar-refractivity contribution in [2.75, 3.05) is 19.7 Å². The summed E-state index contributed by atoms with van der Waals surface area (Å²) in [6.07, 6.45) is 2.43. The highest BCUT2D eigenvalue weighted by Gasteiger charge is 2.55. The van der Waals surface area contributed by atoms with Crippen LogP contribution in [0, 0.1) is 11.9 Å². The predicted molar refractivity (Wildman–Crippen MR) is 108 cm³/mol. The van der Waals surface area contributed by atoms with Gasteiger partial charge in [0.1, 0.15) is 24.0 Å². The highest BCUT2D eigenvalue weighted by Crippen LogP contribution is 2.51. The van der Waals surface area contributed by atoms with Gasteiger partial charge in [0.05, 0.1) is 0 Å². The molecule has 1 aromatic heterocycles. The number of likely N-dealkylation sites (tertiary alicyclic amines) is 1. The summed E-state index contributed by atoms with van der Waals surface area (Å²) in [5.74, 6) is 0.394. The van der Waals surface area contributed by atoms with Gasteiger partial charge in [0.25, 0.3) is 6.02 Å². The number of aliphatic imine (C=N–C) groups is 1. The number of rotatable bonds is 2. The molecule has 152 valence electrons. The van der Waals surface area contributed by atoms with Crippen LogP contribution in [-0.2, 0) is 10.3 Å². The fraction of sp³-hybridized carbons (Fsp3) is 0.455. The maximum Gasteiger partial charge on any atom is 0.283 e. The molecule has 3 atom stereocenters. The van der Waals surface area contributed by atoms with Gasteiger partial charge < -0.3 is 20.1 Å². The molecule has 0 amide bonds. The number of hydrogen-bond donors (Lipinski definition) is 1. The molecular formula is C22H25FN4O2. The molecule has 3 aliphatic heterocycles. The zero-order valence-corrected chi connectivity index (χ0v) is 16.6. The van der Waals surface area contributed by atoms with Gasteiger partial charge in [0.2, 0.25) is 5.95 Å². The lowest BCUT2D eigenvalue weighted by atomic mass is 9.71. The third-order valence-electron chi connectivity index (χ3n) is 6.47. The second kappa shape index (κ2) is 6.69. The zero-order valence-electron chi connectivity index (χ0n) is 16.6. The Morgan fingerprint density at radius 2 is 2.17 bits per heavy atom. The number of aromatic nitrogens is 1. The van der Waals surface area contributed by atoms with Crippen molar-refractivity contribution in [3.63, 3.8) is 0 Å². The zero-order chi connectivity index (χ0) is 20.2. The van der Waals surface area contributed by atoms with Gasteiger partial charge in [-0.25, -0.2) is 9.98 Å². The summed E-state index contributed by atoms with van der Waals surface area (Å²) >= 11 is 0. The van der Waals surface area contributed by atoms with Gasteiger partial charge in [-0.3, -0.25) is 0 Å². The van der Waals surface area contributed by atoms with E-state index >= 15 is 0 Å². The van der Waals surface area contributed by atoms with Crippen molar-refractivity contribution in [1.82, 2.24) is 9.88 Å². The molecule has 0 unspecified atom stereocenters. The first-order chi connectivity index (χ1) is 14.0. The Hall–Kier alpha value is -2.67. The van der Waals surface area contributed by atoms with E-state index in [0.717, 1.165) is 36.4 Å². The molecule has 2 N–H and O–H groups in total. The Labute approximate surface area is 169 Å². The number of nitrogens with zero attached hydrogens (tertiary/aromatic N) is 3. The second-order valence-corrected chi connectivity index (χ2v) is 8.36. The monoisotopic (exact) mass is 396 g/mol. The predicted octanol–water partition coefficient (Wildman–Crippen LogP) is 2.92. The van der Waals surface area contributed by atoms with E-state index in [0.29, 0.717) is 18.2 Å². The second-order valence-electron chi connectivity index (χ2n) is 8.36. The largest absolute Gasteiger partial charge is 0.490 e. The van der Waals surface area contributed by atoms with Crippen molar-refractivity contribution in [2.45, 2.75) is 38.0 Å². The van der Waals surface area contributed by atoms with Crippen LogP contribution in [0.15, 0.2) is 41.5 Å². The molecule has 6 nitrogen and oxygen atoms in total. The first-order valence-electron chi connectivity index (χ1n) is 10.1. The number of benzene rings is 1. The molecule has 7 heteroatoms. The summed E-state index contributed by atoms with van der Waals surface area (Å²) in [5.41, 5.74) is 7.48. The Morgan fingerprint density at radius 3 is 2.90 bits per heavy atom. The number of piperidine rings is 1. The molecule has 1 saturated heterocycles. The van der Waals surface area contributed by atoms with Crippen molar-refractivity contribution in [2.24, 2.45) is 16.6 Å². The standard InChI is InChI=1S/C22H25FN4O2/c1-13(2)27-9-7-19-17(11-27)22(12-28-21(24)26-22)16-10-14(5-6-18(16)29-19)15-4-3-8-25-20(15)23/h3-6,8,10,13,17,19H,7,9,11-12H2,1-2H3,(H2,24,26)/t17-,19-,22-/m0/s1. The molecular weight excluding hydrogens is 371 g/mol. The quantitative estimate of drug-likeness (QED) is 0.791. The summed E-state index contributed by atoms with van der Waals surface area (Å²) in [6, 6.07) is 9.85. The van der Waals surface area contributed by atoms with Crippen molar-refractivity contribution >= 4 is 6.02 Å². The molecule has 0 bridgehead atoms. The minimum atomic E-state index is -0.620. The van der Waals surface area contributed by atoms with Gasteiger partial charge in [0, 0.05) is 42.4 Å². The Bertz CT molecular complexity index is 979. The van der Waals surface area contributed by atoms with Crippen LogP contribution in [0.4, 0.5) is 4.39 Å². The summed E-state index contributed by atoms with van der Waals surface area (Å²) in [7, 11) is 0. The van der Waals surface area contributed by atoms with Crippen LogP contribution in [-0.4, -0.2) is 47.7 Å². The van der Waals surface area contributed by atoms with Gasteiger partial charge in [-0.05, 0) is 50.1 Å². The van der Waals surface area contributed by atoms with E-state index in [-0.39, 0.29) is 18.0 Å². The van der Waals surface area contributed by atoms with Crippen molar-refractivity contribution in [3.8, 4) is 16.9 Å². The molecule has 5 rings (SSSR count). The van der Waals surface area contributed by atoms with E-state index < -0.39 is 11.5 Å². The molecule has 1 fully saturated rings. The van der Waals surface area contributed by atoms with Crippen LogP contribution in [0.3, 0.4) is 0 Å². The van der Waals surface area contributed by atoms with Crippen LogP contribution < -0.4 is 10.5 Å². The number of halogens is 1. The first kappa shape index (κ1) is 18.4. The van der Waals surface area contributed by atoms with Gasteiger partial charge in [-0.2, -0.15) is 4.39 Å². The molecule has 1 aromatic carbocycles. The number of pyridine rings is 1. The molecule has 1 spiro atoms. The van der Waals surface area contributed by atoms with Gasteiger partial charge >= 0.3 is 0 Å². The van der Waals surface area contributed by atoms with Crippen LogP contribution in [0.5, 0.6) is 5.75 Å². The Kier molecular flexibility index (Phi) is 4.24. The lowest BCUT2D eigenvalue weighted by Crippen LogP contribution is -2.58. The molecule has 0 aliphatic carbocycles. The molecule has 3 aliphatic rings. The van der Waals surface area contributed by atoms with Crippen LogP contribution in [0.25, 0.3) is 11.1 Å². The minimum absolute atomic E-state index is 0.0525. The summed E-state index contributed by atoms with van der Waals surface area (Å²) in [5, 5.41) is 0. The molecule has 4 heterocycles. The smallest absolute Gasteiger partial charge is 0.283 e. The normalized spacial score (nSPS) is 28.5. The Morgan fingerprint density at radius 1 is 1.31 bits per heavy atom. The number of amidine groups is 1. The minimum Gasteiger partial charge on any atom is -0.490 e. The first-order valence-corrected chi connectivity index (χ1v) is 10.1. The number of nitrogens with two attached hydrogens (primary N) is 1. The molecule has 0 saturated carbocycles. The fourth-order valence-electron chi connectivity index (χ4n) is 4.90. The van der Waals surface area contributed by atoms with Crippen molar-refractivity contribution in [1.29, 1.82) is 0 Å². The maximum absolute atomic E-state index is 14.3. The number of ether oxygens (including phenoxy) is 2. The van der Waals surface area contributed by atoms with E-state index in [1.165, 1.54) is 6.20 Å². The third kappa shape index (κ3) is 2.87. The lowest BCUT2D eigenvalue weighted by Gasteiger charge is -2.49. The van der Waals surface area contributed by atoms with Crippen LogP contribution in [0.1, 0.15) is 25.8 Å². The third-order valence-corrected chi connectivity index (χ3v) is 6.47. The van der Waals surface area contributed by atoms with Crippen LogP contribution in [0.2, 0.25) is 0 Å². The molecule has 29 heavy (non-hydrogen) atoms. The topological polar surface area (TPSA) is 73.0 Å². The summed E-state index contributed by atoms with van der Waals surface area (Å²) in [4.78, 5) is 11.0. The Balaban J connectivity index is 1.64. The van der Waals surface area contributed by atoms with E-state index in [1.54, 1.807) is 12.1 Å². The van der Waals surface area contributed by atoms with E-state index in [1.807, 2.05) is 18.2 Å².